The summed E-state index contributed by atoms with van der Waals surface area (Å²) < 4.78 is 16.4. The highest BCUT2D eigenvalue weighted by molar-refractivity contribution is 7.99. The average Bonchev–Trinajstić information content (AvgIpc) is 3.40. The van der Waals surface area contributed by atoms with Crippen molar-refractivity contribution in [2.24, 2.45) is 0 Å². The van der Waals surface area contributed by atoms with Crippen LogP contribution in [0.15, 0.2) is 33.5 Å². The third-order valence-electron chi connectivity index (χ3n) is 5.28. The fourth-order valence-electron chi connectivity index (χ4n) is 3.91. The van der Waals surface area contributed by atoms with E-state index in [4.69, 9.17) is 21.0 Å². The van der Waals surface area contributed by atoms with E-state index in [1.807, 2.05) is 12.1 Å². The number of halogens is 1. The van der Waals surface area contributed by atoms with Gasteiger partial charge in [0.15, 0.2) is 0 Å². The third kappa shape index (κ3) is 2.26. The van der Waals surface area contributed by atoms with Gasteiger partial charge in [-0.1, -0.05) is 11.6 Å². The van der Waals surface area contributed by atoms with Gasteiger partial charge in [-0.15, -0.1) is 11.8 Å². The summed E-state index contributed by atoms with van der Waals surface area (Å²) in [5.74, 6) is 1.59. The van der Waals surface area contributed by atoms with Crippen molar-refractivity contribution in [2.45, 2.75) is 18.1 Å². The molecular formula is C19H11ClN4O3S2. The highest BCUT2D eigenvalue weighted by Crippen LogP contribution is 2.48. The smallest absolute Gasteiger partial charge is 0.355 e. The molecule has 1 aliphatic heterocycles. The SMILES string of the molecule is Cc1c(Cl)c(=O)oc2c(C3SCc4nc5ccc6nsnc6c5n43)c(O)ccc12. The molecule has 1 atom stereocenters. The summed E-state index contributed by atoms with van der Waals surface area (Å²) in [5, 5.41) is 11.2. The molecule has 3 aromatic heterocycles. The van der Waals surface area contributed by atoms with Gasteiger partial charge in [0.05, 0.1) is 34.1 Å². The Kier molecular flexibility index (Phi) is 3.54. The van der Waals surface area contributed by atoms with Crippen LogP contribution in [0.1, 0.15) is 22.3 Å². The van der Waals surface area contributed by atoms with Crippen molar-refractivity contribution >= 4 is 68.1 Å². The summed E-state index contributed by atoms with van der Waals surface area (Å²) in [6.45, 7) is 1.77. The Morgan fingerprint density at radius 2 is 2.07 bits per heavy atom. The minimum Gasteiger partial charge on any atom is -0.507 e. The largest absolute Gasteiger partial charge is 0.507 e. The summed E-state index contributed by atoms with van der Waals surface area (Å²) in [6.07, 6.45) is 0. The van der Waals surface area contributed by atoms with Gasteiger partial charge in [-0.2, -0.15) is 8.75 Å². The van der Waals surface area contributed by atoms with Gasteiger partial charge in [-0.05, 0) is 36.8 Å². The second-order valence-electron chi connectivity index (χ2n) is 6.83. The summed E-state index contributed by atoms with van der Waals surface area (Å²) in [5.41, 5.74) is 4.15. The van der Waals surface area contributed by atoms with E-state index in [-0.39, 0.29) is 16.1 Å². The Hall–Kier alpha value is -2.62. The van der Waals surface area contributed by atoms with Crippen LogP contribution in [0.2, 0.25) is 5.02 Å². The van der Waals surface area contributed by atoms with Crippen molar-refractivity contribution in [3.05, 3.63) is 56.7 Å². The van der Waals surface area contributed by atoms with Gasteiger partial charge in [0.25, 0.3) is 0 Å². The number of rotatable bonds is 1. The Morgan fingerprint density at radius 1 is 1.24 bits per heavy atom. The summed E-state index contributed by atoms with van der Waals surface area (Å²) >= 11 is 8.86. The first-order valence-corrected chi connectivity index (χ1v) is 10.9. The lowest BCUT2D eigenvalue weighted by molar-refractivity contribution is 0.462. The predicted molar refractivity (Wildman–Crippen MR) is 114 cm³/mol. The van der Waals surface area contributed by atoms with E-state index in [9.17, 15) is 9.90 Å². The quantitative estimate of drug-likeness (QED) is 0.379. The molecule has 0 radical (unpaired) electrons. The molecule has 7 nitrogen and oxygen atoms in total. The minimum absolute atomic E-state index is 0.0530. The zero-order chi connectivity index (χ0) is 19.9. The molecule has 1 N–H and O–H groups in total. The zero-order valence-corrected chi connectivity index (χ0v) is 17.2. The topological polar surface area (TPSA) is 94.0 Å². The number of aromatic nitrogens is 4. The molecule has 1 unspecified atom stereocenters. The van der Waals surface area contributed by atoms with Crippen molar-refractivity contribution in [1.82, 2.24) is 18.3 Å². The Balaban J connectivity index is 1.71. The number of nitrogens with zero attached hydrogens (tertiary/aromatic N) is 4. The lowest BCUT2D eigenvalue weighted by Gasteiger charge is -2.17. The molecule has 0 spiro atoms. The van der Waals surface area contributed by atoms with Crippen LogP contribution >= 0.6 is 35.1 Å². The number of phenols is 1. The van der Waals surface area contributed by atoms with Crippen molar-refractivity contribution in [2.75, 3.05) is 0 Å². The molecule has 0 amide bonds. The molecule has 6 rings (SSSR count). The van der Waals surface area contributed by atoms with Gasteiger partial charge in [0, 0.05) is 5.39 Å². The molecular weight excluding hydrogens is 432 g/mol. The van der Waals surface area contributed by atoms with Gasteiger partial charge in [-0.3, -0.25) is 0 Å². The maximum atomic E-state index is 12.3. The van der Waals surface area contributed by atoms with E-state index >= 15 is 0 Å². The van der Waals surface area contributed by atoms with E-state index in [2.05, 4.69) is 13.3 Å². The van der Waals surface area contributed by atoms with E-state index in [0.29, 0.717) is 27.8 Å². The lowest BCUT2D eigenvalue weighted by atomic mass is 10.1. The lowest BCUT2D eigenvalue weighted by Crippen LogP contribution is -2.08. The highest BCUT2D eigenvalue weighted by atomic mass is 35.5. The van der Waals surface area contributed by atoms with E-state index in [1.54, 1.807) is 30.8 Å². The van der Waals surface area contributed by atoms with Gasteiger partial charge < -0.3 is 14.1 Å². The molecule has 4 heterocycles. The van der Waals surface area contributed by atoms with Crippen LogP contribution in [-0.4, -0.2) is 23.4 Å². The highest BCUT2D eigenvalue weighted by Gasteiger charge is 2.33. The van der Waals surface area contributed by atoms with Gasteiger partial charge in [0.2, 0.25) is 0 Å². The summed E-state index contributed by atoms with van der Waals surface area (Å²) in [6, 6.07) is 7.16. The molecule has 10 heteroatoms. The molecule has 1 aliphatic rings. The molecule has 0 saturated carbocycles. The molecule has 0 fully saturated rings. The first-order chi connectivity index (χ1) is 14.0. The van der Waals surface area contributed by atoms with E-state index in [1.165, 1.54) is 0 Å². The molecule has 144 valence electrons. The number of fused-ring (bicyclic) bond motifs is 6. The van der Waals surface area contributed by atoms with E-state index < -0.39 is 5.63 Å². The van der Waals surface area contributed by atoms with Crippen molar-refractivity contribution in [1.29, 1.82) is 0 Å². The number of aryl methyl sites for hydroxylation is 1. The number of hydrogen-bond donors (Lipinski definition) is 1. The Morgan fingerprint density at radius 3 is 2.93 bits per heavy atom. The molecule has 0 aliphatic carbocycles. The van der Waals surface area contributed by atoms with Crippen molar-refractivity contribution in [3.63, 3.8) is 0 Å². The Labute approximate surface area is 176 Å². The summed E-state index contributed by atoms with van der Waals surface area (Å²) in [7, 11) is 0. The number of hydrogen-bond acceptors (Lipinski definition) is 8. The fraction of sp³-hybridized carbons (Fsp3) is 0.158. The normalized spacial score (nSPS) is 16.3. The second-order valence-corrected chi connectivity index (χ2v) is 8.81. The van der Waals surface area contributed by atoms with Crippen LogP contribution in [0.3, 0.4) is 0 Å². The van der Waals surface area contributed by atoms with Crippen LogP contribution in [0.25, 0.3) is 33.0 Å². The number of imidazole rings is 1. The van der Waals surface area contributed by atoms with Crippen LogP contribution in [-0.2, 0) is 5.75 Å². The molecule has 2 aromatic carbocycles. The number of benzene rings is 2. The van der Waals surface area contributed by atoms with Gasteiger partial charge in [-0.25, -0.2) is 9.78 Å². The van der Waals surface area contributed by atoms with Crippen molar-refractivity contribution in [3.8, 4) is 5.75 Å². The maximum absolute atomic E-state index is 12.3. The molecule has 0 saturated heterocycles. The number of thioether (sulfide) groups is 1. The summed E-state index contributed by atoms with van der Waals surface area (Å²) in [4.78, 5) is 17.0. The molecule has 5 aromatic rings. The molecule has 0 bridgehead atoms. The average molecular weight is 443 g/mol. The first-order valence-electron chi connectivity index (χ1n) is 8.73. The monoisotopic (exact) mass is 442 g/mol. The molecule has 29 heavy (non-hydrogen) atoms. The standard InChI is InChI=1S/C19H11ClN4O3S2/c1-7-8-2-5-11(25)13(17(8)27-19(26)14(7)20)18-24-12(6-28-18)21-10-4-3-9-15(16(10)24)23-29-22-9/h2-5,18,25H,6H2,1H3. The minimum atomic E-state index is -0.617. The number of aromatic hydroxyl groups is 1. The third-order valence-corrected chi connectivity index (χ3v) is 7.45. The van der Waals surface area contributed by atoms with Crippen LogP contribution < -0.4 is 5.63 Å². The van der Waals surface area contributed by atoms with Gasteiger partial charge in [0.1, 0.15) is 38.6 Å². The predicted octanol–water partition coefficient (Wildman–Crippen LogP) is 4.61. The van der Waals surface area contributed by atoms with Crippen LogP contribution in [0, 0.1) is 6.92 Å². The first kappa shape index (κ1) is 17.3. The van der Waals surface area contributed by atoms with Crippen LogP contribution in [0.4, 0.5) is 0 Å². The van der Waals surface area contributed by atoms with Gasteiger partial charge >= 0.3 is 5.63 Å². The number of phenolic OH excluding ortho intramolecular Hbond substituents is 1. The van der Waals surface area contributed by atoms with Crippen LogP contribution in [0.5, 0.6) is 5.75 Å². The van der Waals surface area contributed by atoms with Crippen molar-refractivity contribution < 1.29 is 9.52 Å². The second kappa shape index (κ2) is 5.94. The fourth-order valence-corrected chi connectivity index (χ4v) is 5.87. The maximum Gasteiger partial charge on any atom is 0.355 e. The Bertz CT molecular complexity index is 1540. The van der Waals surface area contributed by atoms with E-state index in [0.717, 1.165) is 39.6 Å². The zero-order valence-electron chi connectivity index (χ0n) is 14.8.